The minimum absolute atomic E-state index is 0.0208. The van der Waals surface area contributed by atoms with E-state index in [-0.39, 0.29) is 29.4 Å². The average Bonchev–Trinajstić information content (AvgIpc) is 2.84. The Balaban J connectivity index is 1.84. The molecular weight excluding hydrogens is 330 g/mol. The molecule has 0 fully saturated rings. The van der Waals surface area contributed by atoms with Crippen LogP contribution < -0.4 is 5.32 Å². The molecule has 1 N–H and O–H groups in total. The largest absolute Gasteiger partial charge is 0.444 e. The van der Waals surface area contributed by atoms with Crippen LogP contribution >= 0.6 is 11.3 Å². The number of rotatable bonds is 4. The Morgan fingerprint density at radius 2 is 2.08 bits per heavy atom. The summed E-state index contributed by atoms with van der Waals surface area (Å²) in [5, 5.41) is 3.32. The summed E-state index contributed by atoms with van der Waals surface area (Å²) >= 11 is 1.25. The second-order valence-corrected chi connectivity index (χ2v) is 7.65. The first-order chi connectivity index (χ1) is 11.2. The van der Waals surface area contributed by atoms with E-state index in [0.717, 1.165) is 0 Å². The molecule has 0 saturated heterocycles. The van der Waals surface area contributed by atoms with E-state index in [2.05, 4.69) is 15.3 Å². The fraction of sp³-hybridized carbons (Fsp3) is 0.562. The molecular formula is C16H21N3O4S. The van der Waals surface area contributed by atoms with Crippen LogP contribution in [0.15, 0.2) is 4.99 Å². The van der Waals surface area contributed by atoms with Gasteiger partial charge in [0.15, 0.2) is 5.78 Å². The lowest BCUT2D eigenvalue weighted by molar-refractivity contribution is 0.0527. The van der Waals surface area contributed by atoms with Gasteiger partial charge in [-0.2, -0.15) is 0 Å². The number of Topliss-reactive ketones (excluding diaryl/α,β-unsaturated/α-hetero) is 2. The summed E-state index contributed by atoms with van der Waals surface area (Å²) in [5.74, 6) is -0.380. The fourth-order valence-corrected chi connectivity index (χ4v) is 3.00. The molecule has 0 spiro atoms. The van der Waals surface area contributed by atoms with E-state index in [4.69, 9.17) is 4.74 Å². The fourth-order valence-electron chi connectivity index (χ4n) is 2.14. The number of hydrogen-bond acceptors (Lipinski definition) is 7. The number of carbonyl (C=O) groups is 3. The molecule has 1 aromatic heterocycles. The summed E-state index contributed by atoms with van der Waals surface area (Å²) in [6, 6.07) is 0. The Kier molecular flexibility index (Phi) is 5.48. The Morgan fingerprint density at radius 3 is 2.75 bits per heavy atom. The molecule has 0 bridgehead atoms. The number of nitrogens with one attached hydrogen (secondary N) is 1. The number of amides is 1. The second kappa shape index (κ2) is 7.21. The van der Waals surface area contributed by atoms with Crippen LogP contribution in [-0.2, 0) is 4.74 Å². The van der Waals surface area contributed by atoms with Gasteiger partial charge >= 0.3 is 6.09 Å². The van der Waals surface area contributed by atoms with Gasteiger partial charge in [0.1, 0.15) is 16.2 Å². The van der Waals surface area contributed by atoms with Gasteiger partial charge in [-0.1, -0.05) is 0 Å². The maximum absolute atomic E-state index is 12.3. The van der Waals surface area contributed by atoms with Gasteiger partial charge in [-0.25, -0.2) is 9.78 Å². The SMILES string of the molecule is Cc1nc2c(s1)C(=O)CC(=NCCCNC(=O)OC(C)(C)C)C2=O. The molecule has 0 aliphatic heterocycles. The molecule has 1 aliphatic carbocycles. The minimum atomic E-state index is -0.539. The van der Waals surface area contributed by atoms with E-state index in [1.807, 2.05) is 0 Å². The van der Waals surface area contributed by atoms with Gasteiger partial charge in [0, 0.05) is 13.1 Å². The number of aryl methyl sites for hydroxylation is 1. The Morgan fingerprint density at radius 1 is 1.38 bits per heavy atom. The number of ether oxygens (including phenoxy) is 1. The van der Waals surface area contributed by atoms with E-state index in [1.54, 1.807) is 27.7 Å². The van der Waals surface area contributed by atoms with Crippen LogP contribution in [0.3, 0.4) is 0 Å². The van der Waals surface area contributed by atoms with Crippen LogP contribution in [0.2, 0.25) is 0 Å². The lowest BCUT2D eigenvalue weighted by Gasteiger charge is -2.19. The van der Waals surface area contributed by atoms with E-state index in [1.165, 1.54) is 11.3 Å². The number of aliphatic imine (C=N–C) groups is 1. The van der Waals surface area contributed by atoms with Crippen LogP contribution in [0.1, 0.15) is 58.8 Å². The molecule has 0 unspecified atom stereocenters. The van der Waals surface area contributed by atoms with Gasteiger partial charge in [0.25, 0.3) is 0 Å². The van der Waals surface area contributed by atoms with Crippen molar-refractivity contribution in [2.45, 2.75) is 46.1 Å². The number of nitrogens with zero attached hydrogens (tertiary/aromatic N) is 2. The molecule has 7 nitrogen and oxygen atoms in total. The molecule has 1 amide bonds. The highest BCUT2D eigenvalue weighted by Gasteiger charge is 2.32. The highest BCUT2D eigenvalue weighted by molar-refractivity contribution is 7.14. The van der Waals surface area contributed by atoms with Crippen LogP contribution in [-0.4, -0.2) is 47.0 Å². The number of carbonyl (C=O) groups excluding carboxylic acids is 3. The third kappa shape index (κ3) is 4.70. The summed E-state index contributed by atoms with van der Waals surface area (Å²) in [7, 11) is 0. The molecule has 1 aromatic rings. The van der Waals surface area contributed by atoms with Gasteiger partial charge in [0.05, 0.1) is 17.1 Å². The van der Waals surface area contributed by atoms with Crippen LogP contribution in [0, 0.1) is 6.92 Å². The predicted octanol–water partition coefficient (Wildman–Crippen LogP) is 2.58. The quantitative estimate of drug-likeness (QED) is 0.841. The standard InChI is InChI=1S/C16H21N3O4S/c1-9-19-12-13(21)10(8-11(20)14(12)24-9)17-6-5-7-18-15(22)23-16(2,3)4/h5-8H2,1-4H3,(H,18,22). The third-order valence-electron chi connectivity index (χ3n) is 3.10. The Labute approximate surface area is 144 Å². The summed E-state index contributed by atoms with van der Waals surface area (Å²) in [5.41, 5.74) is -0.0720. The molecule has 0 aromatic carbocycles. The summed E-state index contributed by atoms with van der Waals surface area (Å²) in [6.07, 6.45) is 0.0850. The van der Waals surface area contributed by atoms with Crippen molar-refractivity contribution >= 4 is 34.7 Å². The molecule has 1 aliphatic rings. The Bertz CT molecular complexity index is 701. The van der Waals surface area contributed by atoms with Crippen LogP contribution in [0.25, 0.3) is 0 Å². The van der Waals surface area contributed by atoms with E-state index in [9.17, 15) is 14.4 Å². The molecule has 8 heteroatoms. The number of fused-ring (bicyclic) bond motifs is 1. The first-order valence-corrected chi connectivity index (χ1v) is 8.54. The van der Waals surface area contributed by atoms with Crippen LogP contribution in [0.5, 0.6) is 0 Å². The summed E-state index contributed by atoms with van der Waals surface area (Å²) in [6.45, 7) is 7.87. The highest BCUT2D eigenvalue weighted by Crippen LogP contribution is 2.25. The zero-order chi connectivity index (χ0) is 17.9. The van der Waals surface area contributed by atoms with Crippen molar-refractivity contribution in [2.75, 3.05) is 13.1 Å². The summed E-state index contributed by atoms with van der Waals surface area (Å²) < 4.78 is 5.11. The monoisotopic (exact) mass is 351 g/mol. The number of ketones is 2. The second-order valence-electron chi connectivity index (χ2n) is 6.45. The van der Waals surface area contributed by atoms with E-state index >= 15 is 0 Å². The van der Waals surface area contributed by atoms with Crippen molar-refractivity contribution in [3.8, 4) is 0 Å². The molecule has 2 rings (SSSR count). The number of alkyl carbamates (subject to hydrolysis) is 1. The number of thiazole rings is 1. The van der Waals surface area contributed by atoms with Gasteiger partial charge < -0.3 is 10.1 Å². The minimum Gasteiger partial charge on any atom is -0.444 e. The van der Waals surface area contributed by atoms with Crippen molar-refractivity contribution in [3.63, 3.8) is 0 Å². The van der Waals surface area contributed by atoms with Gasteiger partial charge in [0.2, 0.25) is 5.78 Å². The molecule has 0 saturated carbocycles. The molecule has 0 atom stereocenters. The topological polar surface area (TPSA) is 97.7 Å². The van der Waals surface area contributed by atoms with Crippen molar-refractivity contribution in [3.05, 3.63) is 15.6 Å². The number of hydrogen-bond donors (Lipinski definition) is 1. The normalized spacial score (nSPS) is 16.2. The highest BCUT2D eigenvalue weighted by atomic mass is 32.1. The van der Waals surface area contributed by atoms with Crippen molar-refractivity contribution in [2.24, 2.45) is 4.99 Å². The maximum atomic E-state index is 12.3. The lowest BCUT2D eigenvalue weighted by atomic mass is 9.98. The van der Waals surface area contributed by atoms with Crippen LogP contribution in [0.4, 0.5) is 4.79 Å². The molecule has 130 valence electrons. The van der Waals surface area contributed by atoms with Gasteiger partial charge in [-0.15, -0.1) is 11.3 Å². The zero-order valence-corrected chi connectivity index (χ0v) is 15.1. The van der Waals surface area contributed by atoms with Gasteiger partial charge in [-0.05, 0) is 34.1 Å². The first kappa shape index (κ1) is 18.3. The summed E-state index contributed by atoms with van der Waals surface area (Å²) in [4.78, 5) is 44.6. The predicted molar refractivity (Wildman–Crippen MR) is 91.3 cm³/mol. The smallest absolute Gasteiger partial charge is 0.407 e. The van der Waals surface area contributed by atoms with Crippen molar-refractivity contribution in [1.82, 2.24) is 10.3 Å². The zero-order valence-electron chi connectivity index (χ0n) is 14.3. The van der Waals surface area contributed by atoms with Crippen molar-refractivity contribution < 1.29 is 19.1 Å². The maximum Gasteiger partial charge on any atom is 0.407 e. The number of aromatic nitrogens is 1. The van der Waals surface area contributed by atoms with Crippen molar-refractivity contribution in [1.29, 1.82) is 0 Å². The Hall–Kier alpha value is -2.09. The van der Waals surface area contributed by atoms with Gasteiger partial charge in [-0.3, -0.25) is 14.6 Å². The molecule has 1 heterocycles. The molecule has 0 radical (unpaired) electrons. The lowest BCUT2D eigenvalue weighted by Crippen LogP contribution is -2.33. The molecule has 24 heavy (non-hydrogen) atoms. The van der Waals surface area contributed by atoms with E-state index in [0.29, 0.717) is 29.4 Å². The average molecular weight is 351 g/mol. The third-order valence-corrected chi connectivity index (χ3v) is 4.11. The van der Waals surface area contributed by atoms with E-state index < -0.39 is 11.7 Å². The first-order valence-electron chi connectivity index (χ1n) is 7.73.